The number of nitrogens with two attached hydrogens (primary N) is 1. The van der Waals surface area contributed by atoms with Gasteiger partial charge in [0.25, 0.3) is 0 Å². The van der Waals surface area contributed by atoms with Crippen LogP contribution in [0.3, 0.4) is 0 Å². The lowest BCUT2D eigenvalue weighted by molar-refractivity contribution is -0.137. The van der Waals surface area contributed by atoms with E-state index in [2.05, 4.69) is 4.99 Å². The van der Waals surface area contributed by atoms with E-state index in [1.165, 1.54) is 18.2 Å². The molecule has 4 rings (SSSR count). The Morgan fingerprint density at radius 1 is 0.926 bits per heavy atom. The third-order valence-corrected chi connectivity index (χ3v) is 4.40. The molecule has 0 aliphatic carbocycles. The van der Waals surface area contributed by atoms with Crippen molar-refractivity contribution in [2.75, 3.05) is 0 Å². The van der Waals surface area contributed by atoms with E-state index in [9.17, 15) is 22.0 Å². The zero-order chi connectivity index (χ0) is 19.5. The first-order valence-corrected chi connectivity index (χ1v) is 7.73. The Morgan fingerprint density at radius 2 is 1.63 bits per heavy atom. The molecule has 0 saturated heterocycles. The van der Waals surface area contributed by atoms with Crippen LogP contribution in [0.1, 0.15) is 16.7 Å². The van der Waals surface area contributed by atoms with Gasteiger partial charge in [-0.2, -0.15) is 13.2 Å². The van der Waals surface area contributed by atoms with Crippen molar-refractivity contribution in [1.82, 2.24) is 0 Å². The Labute approximate surface area is 149 Å². The van der Waals surface area contributed by atoms with Crippen LogP contribution in [0.5, 0.6) is 0 Å². The highest BCUT2D eigenvalue weighted by Gasteiger charge is 2.32. The van der Waals surface area contributed by atoms with Crippen molar-refractivity contribution in [2.45, 2.75) is 6.18 Å². The van der Waals surface area contributed by atoms with Crippen LogP contribution in [-0.4, -0.2) is 11.7 Å². The quantitative estimate of drug-likeness (QED) is 0.587. The third kappa shape index (κ3) is 2.64. The number of benzene rings is 3. The van der Waals surface area contributed by atoms with Gasteiger partial charge in [0, 0.05) is 16.7 Å². The minimum atomic E-state index is -4.58. The molecule has 3 nitrogen and oxygen atoms in total. The molecule has 0 fully saturated rings. The van der Waals surface area contributed by atoms with Crippen LogP contribution in [0.15, 0.2) is 47.5 Å². The van der Waals surface area contributed by atoms with Gasteiger partial charge >= 0.3 is 6.18 Å². The van der Waals surface area contributed by atoms with E-state index >= 15 is 0 Å². The predicted molar refractivity (Wildman–Crippen MR) is 91.9 cm³/mol. The molecule has 1 aliphatic heterocycles. The first-order chi connectivity index (χ1) is 12.7. The number of hydrogen-bond donors (Lipinski definition) is 2. The van der Waals surface area contributed by atoms with Gasteiger partial charge in [-0.05, 0) is 46.7 Å². The topological polar surface area (TPSA) is 62.2 Å². The molecule has 0 unspecified atom stereocenters. The van der Waals surface area contributed by atoms with E-state index in [1.807, 2.05) is 0 Å². The molecule has 3 N–H and O–H groups in total. The number of halogens is 5. The standard InChI is InChI=1S/C19H10F5N3/c20-13-6-9-5-12-16(18(26)27-17(12)25)15(11(9)7-14(13)21)8-2-1-3-10(4-8)19(22,23)24/h1-7H,(H3,25,26,27). The third-order valence-electron chi connectivity index (χ3n) is 4.40. The molecule has 0 bridgehead atoms. The second-order valence-electron chi connectivity index (χ2n) is 6.09. The van der Waals surface area contributed by atoms with Crippen molar-refractivity contribution >= 4 is 22.4 Å². The zero-order valence-corrected chi connectivity index (χ0v) is 13.5. The molecule has 0 radical (unpaired) electrons. The fourth-order valence-electron chi connectivity index (χ4n) is 3.24. The Kier molecular flexibility index (Phi) is 3.56. The summed E-state index contributed by atoms with van der Waals surface area (Å²) in [7, 11) is 0. The summed E-state index contributed by atoms with van der Waals surface area (Å²) in [4.78, 5) is 3.85. The smallest absolute Gasteiger partial charge is 0.383 e. The maximum absolute atomic E-state index is 13.9. The van der Waals surface area contributed by atoms with Crippen molar-refractivity contribution in [3.8, 4) is 11.1 Å². The molecular weight excluding hydrogens is 365 g/mol. The highest BCUT2D eigenvalue weighted by atomic mass is 19.4. The molecule has 27 heavy (non-hydrogen) atoms. The number of aliphatic imine (C=N–C) groups is 1. The second-order valence-corrected chi connectivity index (χ2v) is 6.09. The monoisotopic (exact) mass is 375 g/mol. The number of hydrogen-bond acceptors (Lipinski definition) is 2. The fraction of sp³-hybridized carbons (Fsp3) is 0.0526. The van der Waals surface area contributed by atoms with Crippen LogP contribution in [0, 0.1) is 17.0 Å². The SMILES string of the molecule is N=C1N=C(N)c2c1cc1cc(F)c(F)cc1c2-c1cccc(C(F)(F)F)c1. The normalized spacial score (nSPS) is 13.8. The summed E-state index contributed by atoms with van der Waals surface area (Å²) in [5.41, 5.74) is 5.76. The molecule has 8 heteroatoms. The summed E-state index contributed by atoms with van der Waals surface area (Å²) in [6, 6.07) is 7.73. The van der Waals surface area contributed by atoms with Gasteiger partial charge in [-0.15, -0.1) is 0 Å². The number of rotatable bonds is 1. The molecule has 0 atom stereocenters. The molecule has 1 heterocycles. The Balaban J connectivity index is 2.14. The number of amidine groups is 2. The van der Waals surface area contributed by atoms with Crippen LogP contribution in [0.25, 0.3) is 21.9 Å². The van der Waals surface area contributed by atoms with Gasteiger partial charge in [-0.25, -0.2) is 13.8 Å². The largest absolute Gasteiger partial charge is 0.416 e. The molecular formula is C19H10F5N3. The predicted octanol–water partition coefficient (Wildman–Crippen LogP) is 4.85. The summed E-state index contributed by atoms with van der Waals surface area (Å²) in [5.74, 6) is -2.49. The van der Waals surface area contributed by atoms with Crippen LogP contribution >= 0.6 is 0 Å². The Morgan fingerprint density at radius 3 is 2.33 bits per heavy atom. The summed E-state index contributed by atoms with van der Waals surface area (Å²) in [6.07, 6.45) is -4.58. The summed E-state index contributed by atoms with van der Waals surface area (Å²) in [5, 5.41) is 8.33. The van der Waals surface area contributed by atoms with Gasteiger partial charge < -0.3 is 5.73 Å². The maximum atomic E-state index is 13.9. The van der Waals surface area contributed by atoms with E-state index in [1.54, 1.807) is 0 Å². The van der Waals surface area contributed by atoms with E-state index in [0.717, 1.165) is 24.3 Å². The van der Waals surface area contributed by atoms with Crippen LogP contribution in [0.2, 0.25) is 0 Å². The fourth-order valence-corrected chi connectivity index (χ4v) is 3.24. The Hall–Kier alpha value is -3.29. The molecule has 0 amide bonds. The van der Waals surface area contributed by atoms with Gasteiger partial charge in [0.2, 0.25) is 0 Å². The molecule has 1 aliphatic rings. The van der Waals surface area contributed by atoms with Crippen molar-refractivity contribution in [3.63, 3.8) is 0 Å². The van der Waals surface area contributed by atoms with Crippen LogP contribution < -0.4 is 5.73 Å². The van der Waals surface area contributed by atoms with Crippen LogP contribution in [-0.2, 0) is 6.18 Å². The van der Waals surface area contributed by atoms with E-state index in [4.69, 9.17) is 11.1 Å². The molecule has 136 valence electrons. The average molecular weight is 375 g/mol. The first kappa shape index (κ1) is 17.1. The summed E-state index contributed by atoms with van der Waals surface area (Å²) in [6.45, 7) is 0. The minimum absolute atomic E-state index is 0.0611. The molecule has 0 saturated carbocycles. The van der Waals surface area contributed by atoms with Crippen molar-refractivity contribution < 1.29 is 22.0 Å². The van der Waals surface area contributed by atoms with Gasteiger partial charge in [-0.3, -0.25) is 5.41 Å². The second kappa shape index (κ2) is 5.60. The minimum Gasteiger partial charge on any atom is -0.383 e. The summed E-state index contributed by atoms with van der Waals surface area (Å²) >= 11 is 0. The zero-order valence-electron chi connectivity index (χ0n) is 13.5. The van der Waals surface area contributed by atoms with E-state index in [-0.39, 0.29) is 44.7 Å². The lowest BCUT2D eigenvalue weighted by Gasteiger charge is -2.15. The number of alkyl halides is 3. The van der Waals surface area contributed by atoms with E-state index in [0.29, 0.717) is 0 Å². The van der Waals surface area contributed by atoms with Crippen molar-refractivity contribution in [1.29, 1.82) is 5.41 Å². The highest BCUT2D eigenvalue weighted by Crippen LogP contribution is 2.40. The van der Waals surface area contributed by atoms with E-state index < -0.39 is 23.4 Å². The lowest BCUT2D eigenvalue weighted by atomic mass is 9.89. The van der Waals surface area contributed by atoms with Gasteiger partial charge in [0.15, 0.2) is 17.5 Å². The lowest BCUT2D eigenvalue weighted by Crippen LogP contribution is -2.13. The first-order valence-electron chi connectivity index (χ1n) is 7.73. The number of nitrogens with one attached hydrogen (secondary N) is 1. The molecule has 0 spiro atoms. The van der Waals surface area contributed by atoms with Gasteiger partial charge in [0.05, 0.1) is 5.56 Å². The Bertz CT molecular complexity index is 1160. The van der Waals surface area contributed by atoms with Gasteiger partial charge in [-0.1, -0.05) is 12.1 Å². The highest BCUT2D eigenvalue weighted by molar-refractivity contribution is 6.26. The van der Waals surface area contributed by atoms with Crippen molar-refractivity contribution in [3.05, 3.63) is 70.8 Å². The molecule has 0 aromatic heterocycles. The molecule has 3 aromatic carbocycles. The number of nitrogens with zero attached hydrogens (tertiary/aromatic N) is 1. The van der Waals surface area contributed by atoms with Gasteiger partial charge in [0.1, 0.15) is 5.84 Å². The average Bonchev–Trinajstić information content (AvgIpc) is 2.87. The van der Waals surface area contributed by atoms with Crippen LogP contribution in [0.4, 0.5) is 22.0 Å². The molecule has 3 aromatic rings. The maximum Gasteiger partial charge on any atom is 0.416 e. The number of fused-ring (bicyclic) bond motifs is 2. The van der Waals surface area contributed by atoms with Crippen molar-refractivity contribution in [2.24, 2.45) is 10.7 Å². The summed E-state index contributed by atoms with van der Waals surface area (Å²) < 4.78 is 67.0.